The molecule has 0 radical (unpaired) electrons. The number of carboxylic acids is 1. The zero-order valence-corrected chi connectivity index (χ0v) is 11.5. The second kappa shape index (κ2) is 5.58. The molecule has 8 heteroatoms. The molecule has 1 aromatic carbocycles. The second-order valence-electron chi connectivity index (χ2n) is 5.32. The largest absolute Gasteiger partial charge is 0.481 e. The Morgan fingerprint density at radius 1 is 1.23 bits per heavy atom. The van der Waals surface area contributed by atoms with Crippen LogP contribution in [0.3, 0.4) is 0 Å². The molecule has 0 saturated carbocycles. The number of carboxylic acid groups (broad SMARTS) is 1. The predicted octanol–water partition coefficient (Wildman–Crippen LogP) is 2.47. The van der Waals surface area contributed by atoms with Gasteiger partial charge in [-0.2, -0.15) is 13.2 Å². The summed E-state index contributed by atoms with van der Waals surface area (Å²) in [6, 6.07) is 3.45. The molecule has 22 heavy (non-hydrogen) atoms. The summed E-state index contributed by atoms with van der Waals surface area (Å²) in [5, 5.41) is 8.91. The van der Waals surface area contributed by atoms with Crippen molar-refractivity contribution in [3.05, 3.63) is 35.1 Å². The van der Waals surface area contributed by atoms with Crippen LogP contribution in [0.25, 0.3) is 0 Å². The van der Waals surface area contributed by atoms with Gasteiger partial charge in [0.1, 0.15) is 5.82 Å². The number of carbonyl (C=O) groups excluding carboxylic acids is 1. The average Bonchev–Trinajstić information content (AvgIpc) is 2.81. The van der Waals surface area contributed by atoms with Gasteiger partial charge in [-0.15, -0.1) is 0 Å². The van der Waals surface area contributed by atoms with E-state index in [0.29, 0.717) is 5.56 Å². The normalized spacial score (nSPS) is 22.0. The van der Waals surface area contributed by atoms with E-state index in [1.165, 1.54) is 12.1 Å². The van der Waals surface area contributed by atoms with Gasteiger partial charge in [0.2, 0.25) is 0 Å². The molecular weight excluding hydrogens is 306 g/mol. The van der Waals surface area contributed by atoms with E-state index in [9.17, 15) is 27.2 Å². The summed E-state index contributed by atoms with van der Waals surface area (Å²) in [6.45, 7) is 0.255. The van der Waals surface area contributed by atoms with Crippen LogP contribution in [0.15, 0.2) is 18.2 Å². The molecule has 0 spiro atoms. The number of nitrogens with zero attached hydrogens (tertiary/aromatic N) is 1. The standard InChI is InChI=1S/C14H13F4NO3/c1-7-2-8(4-9(15)3-7)12(20)19-5-10(13(21)22)11(6-19)14(16,17)18/h2-4,10-11H,5-6H2,1H3,(H,21,22)/t10-,11-/m1/s1. The van der Waals surface area contributed by atoms with Crippen molar-refractivity contribution in [3.8, 4) is 0 Å². The van der Waals surface area contributed by atoms with Crippen molar-refractivity contribution < 1.29 is 32.3 Å². The van der Waals surface area contributed by atoms with Crippen LogP contribution < -0.4 is 0 Å². The van der Waals surface area contributed by atoms with Crippen molar-refractivity contribution >= 4 is 11.9 Å². The van der Waals surface area contributed by atoms with Crippen molar-refractivity contribution in [1.82, 2.24) is 4.90 Å². The summed E-state index contributed by atoms with van der Waals surface area (Å²) in [4.78, 5) is 24.0. The molecule has 1 N–H and O–H groups in total. The first-order valence-electron chi connectivity index (χ1n) is 6.45. The first kappa shape index (κ1) is 16.3. The van der Waals surface area contributed by atoms with Gasteiger partial charge in [-0.05, 0) is 30.7 Å². The van der Waals surface area contributed by atoms with E-state index < -0.39 is 48.8 Å². The number of alkyl halides is 3. The molecule has 0 aromatic heterocycles. The maximum absolute atomic E-state index is 13.3. The van der Waals surface area contributed by atoms with E-state index in [-0.39, 0.29) is 5.56 Å². The number of aliphatic carboxylic acids is 1. The lowest BCUT2D eigenvalue weighted by Crippen LogP contribution is -2.34. The molecule has 1 aliphatic rings. The molecule has 1 saturated heterocycles. The smallest absolute Gasteiger partial charge is 0.394 e. The molecule has 1 fully saturated rings. The van der Waals surface area contributed by atoms with E-state index in [1.807, 2.05) is 0 Å². The third-order valence-electron chi connectivity index (χ3n) is 3.63. The lowest BCUT2D eigenvalue weighted by atomic mass is 9.96. The van der Waals surface area contributed by atoms with Crippen LogP contribution in [0.2, 0.25) is 0 Å². The summed E-state index contributed by atoms with van der Waals surface area (Å²) in [5.41, 5.74) is 0.356. The van der Waals surface area contributed by atoms with Gasteiger partial charge in [0.25, 0.3) is 5.91 Å². The average molecular weight is 319 g/mol. The molecule has 2 rings (SSSR count). The Kier molecular flexibility index (Phi) is 4.12. The number of hydrogen-bond acceptors (Lipinski definition) is 2. The number of likely N-dealkylation sites (tertiary alicyclic amines) is 1. The minimum atomic E-state index is -4.71. The fraction of sp³-hybridized carbons (Fsp3) is 0.429. The third-order valence-corrected chi connectivity index (χ3v) is 3.63. The fourth-order valence-electron chi connectivity index (χ4n) is 2.59. The summed E-state index contributed by atoms with van der Waals surface area (Å²) in [7, 11) is 0. The number of halogens is 4. The Morgan fingerprint density at radius 2 is 1.86 bits per heavy atom. The molecular formula is C14H13F4NO3. The Balaban J connectivity index is 2.26. The number of benzene rings is 1. The van der Waals surface area contributed by atoms with Crippen molar-refractivity contribution in [3.63, 3.8) is 0 Å². The van der Waals surface area contributed by atoms with Crippen LogP contribution in [-0.2, 0) is 4.79 Å². The van der Waals surface area contributed by atoms with Crippen molar-refractivity contribution in [1.29, 1.82) is 0 Å². The SMILES string of the molecule is Cc1cc(F)cc(C(=O)N2C[C@@H](C(F)(F)F)[C@H](C(=O)O)C2)c1. The highest BCUT2D eigenvalue weighted by molar-refractivity contribution is 5.95. The van der Waals surface area contributed by atoms with E-state index in [2.05, 4.69) is 0 Å². The van der Waals surface area contributed by atoms with Crippen LogP contribution in [0, 0.1) is 24.6 Å². The number of carbonyl (C=O) groups is 2. The molecule has 4 nitrogen and oxygen atoms in total. The van der Waals surface area contributed by atoms with Gasteiger partial charge in [0, 0.05) is 18.7 Å². The van der Waals surface area contributed by atoms with Crippen molar-refractivity contribution in [2.75, 3.05) is 13.1 Å². The maximum Gasteiger partial charge on any atom is 0.394 e. The number of rotatable bonds is 2. The van der Waals surface area contributed by atoms with Crippen LogP contribution in [-0.4, -0.2) is 41.1 Å². The lowest BCUT2D eigenvalue weighted by molar-refractivity contribution is -0.187. The Morgan fingerprint density at radius 3 is 2.32 bits per heavy atom. The monoisotopic (exact) mass is 319 g/mol. The number of aryl methyl sites for hydroxylation is 1. The molecule has 1 amide bonds. The zero-order chi connectivity index (χ0) is 16.7. The van der Waals surface area contributed by atoms with E-state index in [4.69, 9.17) is 5.11 Å². The van der Waals surface area contributed by atoms with Gasteiger partial charge < -0.3 is 10.0 Å². The predicted molar refractivity (Wildman–Crippen MR) is 67.7 cm³/mol. The van der Waals surface area contributed by atoms with Gasteiger partial charge in [-0.25, -0.2) is 4.39 Å². The Hall–Kier alpha value is -2.12. The lowest BCUT2D eigenvalue weighted by Gasteiger charge is -2.18. The molecule has 1 heterocycles. The first-order valence-corrected chi connectivity index (χ1v) is 6.45. The van der Waals surface area contributed by atoms with Gasteiger partial charge in [-0.3, -0.25) is 9.59 Å². The zero-order valence-electron chi connectivity index (χ0n) is 11.5. The Bertz CT molecular complexity index is 594. The van der Waals surface area contributed by atoms with Crippen LogP contribution in [0.4, 0.5) is 17.6 Å². The number of amides is 1. The van der Waals surface area contributed by atoms with Gasteiger partial charge >= 0.3 is 12.1 Å². The van der Waals surface area contributed by atoms with Crippen LogP contribution in [0.1, 0.15) is 15.9 Å². The quantitative estimate of drug-likeness (QED) is 0.852. The summed E-state index contributed by atoms with van der Waals surface area (Å²) < 4.78 is 51.9. The van der Waals surface area contributed by atoms with E-state index >= 15 is 0 Å². The molecule has 0 aliphatic carbocycles. The minimum absolute atomic E-state index is 0.0931. The summed E-state index contributed by atoms with van der Waals surface area (Å²) >= 11 is 0. The summed E-state index contributed by atoms with van der Waals surface area (Å²) in [5.74, 6) is -6.92. The molecule has 2 atom stereocenters. The molecule has 120 valence electrons. The number of hydrogen-bond donors (Lipinski definition) is 1. The highest BCUT2D eigenvalue weighted by atomic mass is 19.4. The van der Waals surface area contributed by atoms with Gasteiger partial charge in [0.05, 0.1) is 11.8 Å². The molecule has 1 aromatic rings. The third kappa shape index (κ3) is 3.20. The maximum atomic E-state index is 13.3. The molecule has 0 bridgehead atoms. The minimum Gasteiger partial charge on any atom is -0.481 e. The van der Waals surface area contributed by atoms with E-state index in [0.717, 1.165) is 11.0 Å². The first-order chi connectivity index (χ1) is 10.1. The van der Waals surface area contributed by atoms with E-state index in [1.54, 1.807) is 6.92 Å². The molecule has 0 unspecified atom stereocenters. The van der Waals surface area contributed by atoms with Crippen molar-refractivity contribution in [2.45, 2.75) is 13.1 Å². The van der Waals surface area contributed by atoms with Crippen LogP contribution in [0.5, 0.6) is 0 Å². The van der Waals surface area contributed by atoms with Gasteiger partial charge in [0.15, 0.2) is 0 Å². The summed E-state index contributed by atoms with van der Waals surface area (Å²) in [6.07, 6.45) is -4.71. The van der Waals surface area contributed by atoms with Crippen molar-refractivity contribution in [2.24, 2.45) is 11.8 Å². The fourth-order valence-corrected chi connectivity index (χ4v) is 2.59. The highest BCUT2D eigenvalue weighted by Crippen LogP contribution is 2.38. The van der Waals surface area contributed by atoms with Crippen LogP contribution >= 0.6 is 0 Å². The van der Waals surface area contributed by atoms with Gasteiger partial charge in [-0.1, -0.05) is 0 Å². The molecule has 1 aliphatic heterocycles. The topological polar surface area (TPSA) is 57.6 Å². The highest BCUT2D eigenvalue weighted by Gasteiger charge is 2.53. The Labute approximate surface area is 123 Å². The second-order valence-corrected chi connectivity index (χ2v) is 5.32.